The van der Waals surface area contributed by atoms with Crippen molar-refractivity contribution in [2.75, 3.05) is 13.2 Å². The van der Waals surface area contributed by atoms with E-state index in [1.807, 2.05) is 0 Å². The molecule has 0 amide bonds. The van der Waals surface area contributed by atoms with E-state index in [1.54, 1.807) is 6.92 Å². The first kappa shape index (κ1) is 10.2. The minimum atomic E-state index is -1.63. The quantitative estimate of drug-likeness (QED) is 0.616. The summed E-state index contributed by atoms with van der Waals surface area (Å²) in [5.74, 6) is -1.16. The summed E-state index contributed by atoms with van der Waals surface area (Å²) >= 11 is 0. The lowest BCUT2D eigenvalue weighted by Gasteiger charge is -2.35. The number of hydrogen-bond donors (Lipinski definition) is 1. The van der Waals surface area contributed by atoms with Gasteiger partial charge in [0.15, 0.2) is 5.60 Å². The van der Waals surface area contributed by atoms with Crippen LogP contribution in [0.4, 0.5) is 0 Å². The molecular weight excluding hydrogens is 200 g/mol. The SMILES string of the molecule is CCC1(O)C(=O)OCC2=C1CCOC2=O. The van der Waals surface area contributed by atoms with Crippen LogP contribution in [0.1, 0.15) is 19.8 Å². The fraction of sp³-hybridized carbons (Fsp3) is 0.600. The molecule has 0 radical (unpaired) electrons. The number of esters is 2. The summed E-state index contributed by atoms with van der Waals surface area (Å²) in [5, 5.41) is 10.1. The van der Waals surface area contributed by atoms with Crippen molar-refractivity contribution < 1.29 is 24.2 Å². The zero-order valence-corrected chi connectivity index (χ0v) is 8.41. The number of carbonyl (C=O) groups excluding carboxylic acids is 2. The molecule has 2 rings (SSSR count). The molecule has 0 aromatic carbocycles. The molecule has 0 aromatic heterocycles. The van der Waals surface area contributed by atoms with Gasteiger partial charge in [-0.05, 0) is 12.0 Å². The molecule has 5 heteroatoms. The molecule has 0 aliphatic carbocycles. The van der Waals surface area contributed by atoms with Gasteiger partial charge in [0, 0.05) is 6.42 Å². The second-order valence-electron chi connectivity index (χ2n) is 3.63. The Morgan fingerprint density at radius 3 is 2.80 bits per heavy atom. The van der Waals surface area contributed by atoms with Crippen LogP contribution in [0, 0.1) is 0 Å². The molecule has 5 nitrogen and oxygen atoms in total. The maximum atomic E-state index is 11.5. The largest absolute Gasteiger partial charge is 0.462 e. The average Bonchev–Trinajstić information content (AvgIpc) is 2.24. The normalized spacial score (nSPS) is 30.8. The zero-order valence-electron chi connectivity index (χ0n) is 8.41. The maximum absolute atomic E-state index is 11.5. The summed E-state index contributed by atoms with van der Waals surface area (Å²) in [4.78, 5) is 22.8. The minimum Gasteiger partial charge on any atom is -0.462 e. The molecule has 1 N–H and O–H groups in total. The van der Waals surface area contributed by atoms with Crippen LogP contribution in [0.5, 0.6) is 0 Å². The van der Waals surface area contributed by atoms with Crippen molar-refractivity contribution in [1.82, 2.24) is 0 Å². The van der Waals surface area contributed by atoms with Crippen LogP contribution >= 0.6 is 0 Å². The fourth-order valence-corrected chi connectivity index (χ4v) is 1.95. The van der Waals surface area contributed by atoms with E-state index in [-0.39, 0.29) is 19.6 Å². The zero-order chi connectivity index (χ0) is 11.1. The highest BCUT2D eigenvalue weighted by molar-refractivity contribution is 5.96. The van der Waals surface area contributed by atoms with Gasteiger partial charge >= 0.3 is 11.9 Å². The molecule has 1 atom stereocenters. The number of ether oxygens (including phenoxy) is 2. The van der Waals surface area contributed by atoms with Crippen molar-refractivity contribution in [2.45, 2.75) is 25.4 Å². The van der Waals surface area contributed by atoms with Crippen LogP contribution in [0.15, 0.2) is 11.1 Å². The number of rotatable bonds is 1. The van der Waals surface area contributed by atoms with Crippen LogP contribution < -0.4 is 0 Å². The first-order valence-corrected chi connectivity index (χ1v) is 4.89. The van der Waals surface area contributed by atoms with E-state index in [4.69, 9.17) is 9.47 Å². The monoisotopic (exact) mass is 212 g/mol. The van der Waals surface area contributed by atoms with Gasteiger partial charge in [-0.15, -0.1) is 0 Å². The number of carbonyl (C=O) groups is 2. The number of hydrogen-bond acceptors (Lipinski definition) is 5. The van der Waals surface area contributed by atoms with Crippen molar-refractivity contribution in [2.24, 2.45) is 0 Å². The lowest BCUT2D eigenvalue weighted by Crippen LogP contribution is -2.48. The van der Waals surface area contributed by atoms with Gasteiger partial charge in [-0.25, -0.2) is 9.59 Å². The molecule has 0 spiro atoms. The van der Waals surface area contributed by atoms with E-state index in [0.717, 1.165) is 0 Å². The smallest absolute Gasteiger partial charge is 0.342 e. The summed E-state index contributed by atoms with van der Waals surface area (Å²) in [6.45, 7) is 1.81. The summed E-state index contributed by atoms with van der Waals surface area (Å²) in [5.41, 5.74) is -0.866. The standard InChI is InChI=1S/C10H12O5/c1-2-10(13)7-3-4-14-8(11)6(7)5-15-9(10)12/h13H,2-5H2,1H3. The molecule has 0 bridgehead atoms. The minimum absolute atomic E-state index is 0.0880. The third-order valence-corrected chi connectivity index (χ3v) is 2.89. The van der Waals surface area contributed by atoms with Crippen molar-refractivity contribution in [3.63, 3.8) is 0 Å². The second kappa shape index (κ2) is 3.34. The van der Waals surface area contributed by atoms with Gasteiger partial charge in [0.25, 0.3) is 0 Å². The Morgan fingerprint density at radius 1 is 1.40 bits per heavy atom. The molecule has 0 aromatic rings. The highest BCUT2D eigenvalue weighted by atomic mass is 16.6. The maximum Gasteiger partial charge on any atom is 0.342 e. The Kier molecular flexibility index (Phi) is 2.26. The first-order chi connectivity index (χ1) is 7.09. The topological polar surface area (TPSA) is 72.8 Å². The number of aliphatic hydroxyl groups is 1. The van der Waals surface area contributed by atoms with Crippen molar-refractivity contribution in [1.29, 1.82) is 0 Å². The summed E-state index contributed by atoms with van der Waals surface area (Å²) in [7, 11) is 0. The third kappa shape index (κ3) is 1.34. The van der Waals surface area contributed by atoms with E-state index in [0.29, 0.717) is 17.6 Å². The van der Waals surface area contributed by atoms with Crippen LogP contribution in [0.25, 0.3) is 0 Å². The molecule has 2 heterocycles. The Bertz CT molecular complexity index is 357. The van der Waals surface area contributed by atoms with Gasteiger partial charge < -0.3 is 14.6 Å². The van der Waals surface area contributed by atoms with E-state index in [1.165, 1.54) is 0 Å². The van der Waals surface area contributed by atoms with Gasteiger partial charge in [0.1, 0.15) is 6.61 Å². The molecule has 0 saturated heterocycles. The van der Waals surface area contributed by atoms with Gasteiger partial charge in [0.05, 0.1) is 12.2 Å². The van der Waals surface area contributed by atoms with Gasteiger partial charge in [0.2, 0.25) is 0 Å². The molecule has 0 fully saturated rings. The van der Waals surface area contributed by atoms with E-state index in [9.17, 15) is 14.7 Å². The van der Waals surface area contributed by atoms with Gasteiger partial charge in [-0.3, -0.25) is 0 Å². The summed E-state index contributed by atoms with van der Waals surface area (Å²) < 4.78 is 9.60. The predicted octanol–water partition coefficient (Wildman–Crippen LogP) is -0.0722. The second-order valence-corrected chi connectivity index (χ2v) is 3.63. The molecule has 15 heavy (non-hydrogen) atoms. The Morgan fingerprint density at radius 2 is 2.13 bits per heavy atom. The first-order valence-electron chi connectivity index (χ1n) is 4.89. The molecular formula is C10H12O5. The Balaban J connectivity index is 2.49. The Hall–Kier alpha value is -1.36. The van der Waals surface area contributed by atoms with E-state index >= 15 is 0 Å². The van der Waals surface area contributed by atoms with Crippen LogP contribution in [-0.4, -0.2) is 35.9 Å². The van der Waals surface area contributed by atoms with Crippen molar-refractivity contribution in [3.8, 4) is 0 Å². The van der Waals surface area contributed by atoms with Crippen LogP contribution in [0.2, 0.25) is 0 Å². The van der Waals surface area contributed by atoms with Crippen LogP contribution in [-0.2, 0) is 19.1 Å². The number of cyclic esters (lactones) is 2. The summed E-state index contributed by atoms with van der Waals surface area (Å²) in [6.07, 6.45) is 0.610. The molecule has 2 aliphatic heterocycles. The van der Waals surface area contributed by atoms with Crippen molar-refractivity contribution in [3.05, 3.63) is 11.1 Å². The fourth-order valence-electron chi connectivity index (χ4n) is 1.95. The van der Waals surface area contributed by atoms with Gasteiger partial charge in [-0.2, -0.15) is 0 Å². The van der Waals surface area contributed by atoms with Crippen molar-refractivity contribution >= 4 is 11.9 Å². The Labute approximate surface area is 86.7 Å². The molecule has 1 unspecified atom stereocenters. The molecule has 0 saturated carbocycles. The van der Waals surface area contributed by atoms with Gasteiger partial charge in [-0.1, -0.05) is 6.92 Å². The molecule has 2 aliphatic rings. The van der Waals surface area contributed by atoms with Crippen LogP contribution in [0.3, 0.4) is 0 Å². The highest BCUT2D eigenvalue weighted by Gasteiger charge is 2.47. The molecule has 82 valence electrons. The summed E-state index contributed by atoms with van der Waals surface area (Å²) in [6, 6.07) is 0. The lowest BCUT2D eigenvalue weighted by molar-refractivity contribution is -0.166. The predicted molar refractivity (Wildman–Crippen MR) is 48.8 cm³/mol. The third-order valence-electron chi connectivity index (χ3n) is 2.89. The lowest BCUT2D eigenvalue weighted by atomic mass is 9.83. The highest BCUT2D eigenvalue weighted by Crippen LogP contribution is 2.34. The van der Waals surface area contributed by atoms with E-state index < -0.39 is 17.5 Å². The van der Waals surface area contributed by atoms with E-state index in [2.05, 4.69) is 0 Å². The average molecular weight is 212 g/mol.